The molecule has 0 unspecified atom stereocenters. The predicted molar refractivity (Wildman–Crippen MR) is 101 cm³/mol. The van der Waals surface area contributed by atoms with E-state index in [9.17, 15) is 14.4 Å². The molecular formula is C20H23ClN2O5. The Hall–Kier alpha value is -2.28. The molecule has 0 radical (unpaired) electrons. The van der Waals surface area contributed by atoms with Gasteiger partial charge in [0.15, 0.2) is 11.5 Å². The Kier molecular flexibility index (Phi) is 5.44. The average Bonchev–Trinajstić information content (AvgIpc) is 2.93. The number of nitrogens with zero attached hydrogens (tertiary/aromatic N) is 1. The quantitative estimate of drug-likeness (QED) is 0.755. The lowest BCUT2D eigenvalue weighted by Crippen LogP contribution is -2.41. The van der Waals surface area contributed by atoms with Gasteiger partial charge in [0.05, 0.1) is 16.9 Å². The van der Waals surface area contributed by atoms with Crippen molar-refractivity contribution in [2.45, 2.75) is 32.1 Å². The summed E-state index contributed by atoms with van der Waals surface area (Å²) in [6, 6.07) is 3.64. The largest absolute Gasteiger partial charge is 0.486 e. The van der Waals surface area contributed by atoms with Gasteiger partial charge < -0.3 is 14.8 Å². The monoisotopic (exact) mass is 406 g/mol. The summed E-state index contributed by atoms with van der Waals surface area (Å²) in [5.41, 5.74) is 0.911. The topological polar surface area (TPSA) is 84.9 Å². The van der Waals surface area contributed by atoms with Gasteiger partial charge in [0.1, 0.15) is 19.8 Å². The standard InChI is InChI=1S/C20H23ClN2O5/c21-15-9-12(10-16-18(15)28-8-7-27-16)5-6-22-17(24)11-23-19(25)13-3-1-2-4-14(13)20(23)26/h9-10,13-14H,1-8,11H2,(H,22,24)/t13-,14+. The molecule has 1 aliphatic carbocycles. The van der Waals surface area contributed by atoms with Crippen LogP contribution in [0.5, 0.6) is 11.5 Å². The minimum atomic E-state index is -0.330. The first-order chi connectivity index (χ1) is 13.5. The van der Waals surface area contributed by atoms with E-state index in [0.29, 0.717) is 42.7 Å². The van der Waals surface area contributed by atoms with E-state index < -0.39 is 0 Å². The zero-order chi connectivity index (χ0) is 19.7. The number of carbonyl (C=O) groups is 3. The van der Waals surface area contributed by atoms with E-state index in [4.69, 9.17) is 21.1 Å². The van der Waals surface area contributed by atoms with Crippen LogP contribution in [0.3, 0.4) is 0 Å². The molecule has 1 N–H and O–H groups in total. The van der Waals surface area contributed by atoms with Crippen LogP contribution >= 0.6 is 11.6 Å². The van der Waals surface area contributed by atoms with Crippen LogP contribution in [-0.2, 0) is 20.8 Å². The maximum atomic E-state index is 12.4. The molecule has 2 aliphatic heterocycles. The molecule has 0 aromatic heterocycles. The Bertz CT molecular complexity index is 788. The van der Waals surface area contributed by atoms with E-state index in [-0.39, 0.29) is 36.1 Å². The third kappa shape index (κ3) is 3.68. The van der Waals surface area contributed by atoms with Crippen molar-refractivity contribution in [3.63, 3.8) is 0 Å². The zero-order valence-electron chi connectivity index (χ0n) is 15.5. The van der Waals surface area contributed by atoms with Crippen molar-refractivity contribution in [3.05, 3.63) is 22.7 Å². The maximum absolute atomic E-state index is 12.4. The first kappa shape index (κ1) is 19.1. The Morgan fingerprint density at radius 3 is 2.50 bits per heavy atom. The number of rotatable bonds is 5. The number of hydrogen-bond donors (Lipinski definition) is 1. The lowest BCUT2D eigenvalue weighted by Gasteiger charge is -2.20. The van der Waals surface area contributed by atoms with Gasteiger partial charge in [0, 0.05) is 6.54 Å². The second-order valence-corrected chi connectivity index (χ2v) is 7.87. The van der Waals surface area contributed by atoms with Crippen LogP contribution in [0.15, 0.2) is 12.1 Å². The van der Waals surface area contributed by atoms with Crippen LogP contribution < -0.4 is 14.8 Å². The summed E-state index contributed by atoms with van der Waals surface area (Å²) >= 11 is 6.22. The summed E-state index contributed by atoms with van der Waals surface area (Å²) in [7, 11) is 0. The van der Waals surface area contributed by atoms with E-state index in [2.05, 4.69) is 5.32 Å². The first-order valence-electron chi connectivity index (χ1n) is 9.74. The molecule has 0 bridgehead atoms. The highest BCUT2D eigenvalue weighted by Crippen LogP contribution is 2.39. The van der Waals surface area contributed by atoms with Crippen LogP contribution in [0.2, 0.25) is 5.02 Å². The van der Waals surface area contributed by atoms with Gasteiger partial charge in [-0.25, -0.2) is 0 Å². The number of benzene rings is 1. The molecule has 1 aromatic carbocycles. The van der Waals surface area contributed by atoms with Crippen molar-refractivity contribution in [2.24, 2.45) is 11.8 Å². The molecule has 4 rings (SSSR count). The number of hydrogen-bond acceptors (Lipinski definition) is 5. The van der Waals surface area contributed by atoms with Crippen LogP contribution in [0.25, 0.3) is 0 Å². The van der Waals surface area contributed by atoms with Gasteiger partial charge in [0.2, 0.25) is 17.7 Å². The number of imide groups is 1. The Balaban J connectivity index is 1.30. The zero-order valence-corrected chi connectivity index (χ0v) is 16.3. The second kappa shape index (κ2) is 7.99. The summed E-state index contributed by atoms with van der Waals surface area (Å²) in [6.07, 6.45) is 3.99. The molecule has 150 valence electrons. The van der Waals surface area contributed by atoms with Crippen LogP contribution in [0, 0.1) is 11.8 Å². The first-order valence-corrected chi connectivity index (χ1v) is 10.1. The summed E-state index contributed by atoms with van der Waals surface area (Å²) < 4.78 is 11.0. The molecule has 2 fully saturated rings. The highest BCUT2D eigenvalue weighted by atomic mass is 35.5. The van der Waals surface area contributed by atoms with Crippen molar-refractivity contribution >= 4 is 29.3 Å². The second-order valence-electron chi connectivity index (χ2n) is 7.46. The van der Waals surface area contributed by atoms with Gasteiger partial charge in [-0.15, -0.1) is 0 Å². The number of nitrogens with one attached hydrogen (secondary N) is 1. The number of halogens is 1. The van der Waals surface area contributed by atoms with Gasteiger partial charge >= 0.3 is 0 Å². The third-order valence-corrected chi connectivity index (χ3v) is 5.91. The Labute approximate surface area is 168 Å². The summed E-state index contributed by atoms with van der Waals surface area (Å²) in [5, 5.41) is 3.26. The number of likely N-dealkylation sites (tertiary alicyclic amines) is 1. The Morgan fingerprint density at radius 2 is 1.79 bits per heavy atom. The van der Waals surface area contributed by atoms with Crippen molar-refractivity contribution < 1.29 is 23.9 Å². The normalized spacial score (nSPS) is 23.5. The van der Waals surface area contributed by atoms with E-state index in [0.717, 1.165) is 36.1 Å². The number of amides is 3. The summed E-state index contributed by atoms with van der Waals surface area (Å²) in [6.45, 7) is 1.12. The smallest absolute Gasteiger partial charge is 0.240 e. The molecule has 8 heteroatoms. The van der Waals surface area contributed by atoms with Gasteiger partial charge in [0.25, 0.3) is 0 Å². The van der Waals surface area contributed by atoms with Crippen molar-refractivity contribution in [1.29, 1.82) is 0 Å². The van der Waals surface area contributed by atoms with Crippen molar-refractivity contribution in [2.75, 3.05) is 26.3 Å². The SMILES string of the molecule is O=C(CN1C(=O)[C@H]2CCCC[C@H]2C1=O)NCCc1cc(Cl)c2c(c1)OCCO2. The lowest BCUT2D eigenvalue weighted by molar-refractivity contribution is -0.143. The van der Waals surface area contributed by atoms with Gasteiger partial charge in [-0.2, -0.15) is 0 Å². The van der Waals surface area contributed by atoms with Crippen molar-refractivity contribution in [1.82, 2.24) is 10.2 Å². The van der Waals surface area contributed by atoms with Crippen LogP contribution in [-0.4, -0.2) is 48.9 Å². The number of fused-ring (bicyclic) bond motifs is 2. The van der Waals surface area contributed by atoms with Crippen LogP contribution in [0.1, 0.15) is 31.2 Å². The molecule has 2 atom stereocenters. The van der Waals surface area contributed by atoms with Crippen molar-refractivity contribution in [3.8, 4) is 11.5 Å². The highest BCUT2D eigenvalue weighted by Gasteiger charge is 2.48. The minimum absolute atomic E-state index is 0.191. The fourth-order valence-corrected chi connectivity index (χ4v) is 4.53. The van der Waals surface area contributed by atoms with E-state index >= 15 is 0 Å². The van der Waals surface area contributed by atoms with E-state index in [1.807, 2.05) is 6.07 Å². The lowest BCUT2D eigenvalue weighted by atomic mass is 9.81. The molecule has 1 saturated heterocycles. The van der Waals surface area contributed by atoms with Gasteiger partial charge in [-0.3, -0.25) is 19.3 Å². The molecule has 2 heterocycles. The molecule has 3 amide bonds. The maximum Gasteiger partial charge on any atom is 0.240 e. The van der Waals surface area contributed by atoms with Gasteiger partial charge in [-0.1, -0.05) is 24.4 Å². The van der Waals surface area contributed by atoms with E-state index in [1.54, 1.807) is 6.07 Å². The van der Waals surface area contributed by atoms with Gasteiger partial charge in [-0.05, 0) is 37.0 Å². The molecule has 7 nitrogen and oxygen atoms in total. The highest BCUT2D eigenvalue weighted by molar-refractivity contribution is 6.32. The number of ether oxygens (including phenoxy) is 2. The van der Waals surface area contributed by atoms with E-state index in [1.165, 1.54) is 0 Å². The third-order valence-electron chi connectivity index (χ3n) is 5.63. The molecule has 1 aromatic rings. The fraction of sp³-hybridized carbons (Fsp3) is 0.550. The molecule has 3 aliphatic rings. The number of carbonyl (C=O) groups excluding carboxylic acids is 3. The summed E-state index contributed by atoms with van der Waals surface area (Å²) in [4.78, 5) is 38.3. The fourth-order valence-electron chi connectivity index (χ4n) is 4.24. The molecule has 1 saturated carbocycles. The summed E-state index contributed by atoms with van der Waals surface area (Å²) in [5.74, 6) is -0.0112. The molecule has 28 heavy (non-hydrogen) atoms. The average molecular weight is 407 g/mol. The molecular weight excluding hydrogens is 384 g/mol. The Morgan fingerprint density at radius 1 is 1.11 bits per heavy atom. The minimum Gasteiger partial charge on any atom is -0.486 e. The predicted octanol–water partition coefficient (Wildman–Crippen LogP) is 1.95. The van der Waals surface area contributed by atoms with Crippen LogP contribution in [0.4, 0.5) is 0 Å². The molecule has 0 spiro atoms.